The Bertz CT molecular complexity index is 471. The fourth-order valence-corrected chi connectivity index (χ4v) is 4.90. The molecule has 21 heavy (non-hydrogen) atoms. The zero-order valence-electron chi connectivity index (χ0n) is 12.7. The quantitative estimate of drug-likeness (QED) is 0.778. The molecule has 0 bridgehead atoms. The van der Waals surface area contributed by atoms with Gasteiger partial charge in [-0.05, 0) is 37.5 Å². The predicted molar refractivity (Wildman–Crippen MR) is 80.0 cm³/mol. The van der Waals surface area contributed by atoms with Gasteiger partial charge < -0.3 is 5.11 Å². The zero-order valence-corrected chi connectivity index (χ0v) is 13.5. The molecule has 0 aromatic heterocycles. The van der Waals surface area contributed by atoms with E-state index in [1.807, 2.05) is 0 Å². The largest absolute Gasteiger partial charge is 0.481 e. The molecule has 1 saturated carbocycles. The smallest absolute Gasteiger partial charge is 0.307 e. The van der Waals surface area contributed by atoms with Crippen molar-refractivity contribution in [1.29, 1.82) is 0 Å². The predicted octanol–water partition coefficient (Wildman–Crippen LogP) is 1.59. The van der Waals surface area contributed by atoms with Crippen molar-refractivity contribution in [2.24, 2.45) is 11.3 Å². The highest BCUT2D eigenvalue weighted by atomic mass is 32.2. The Kier molecular flexibility index (Phi) is 5.27. The number of carbonyl (C=O) groups is 1. The minimum Gasteiger partial charge on any atom is -0.481 e. The van der Waals surface area contributed by atoms with E-state index in [4.69, 9.17) is 5.11 Å². The SMILES string of the molecule is CCC1(CNS(=O)(=O)N2CCCC(C(=O)O)C2)CCCC1. The molecule has 2 N–H and O–H groups in total. The van der Waals surface area contributed by atoms with Crippen LogP contribution in [0.4, 0.5) is 0 Å². The van der Waals surface area contributed by atoms with Gasteiger partial charge in [-0.3, -0.25) is 4.79 Å². The highest BCUT2D eigenvalue weighted by Gasteiger charge is 2.36. The fourth-order valence-electron chi connectivity index (χ4n) is 3.48. The molecule has 122 valence electrons. The highest BCUT2D eigenvalue weighted by molar-refractivity contribution is 7.87. The fraction of sp³-hybridized carbons (Fsp3) is 0.929. The first kappa shape index (κ1) is 16.7. The van der Waals surface area contributed by atoms with Crippen molar-refractivity contribution < 1.29 is 18.3 Å². The van der Waals surface area contributed by atoms with E-state index < -0.39 is 22.1 Å². The van der Waals surface area contributed by atoms with Gasteiger partial charge in [-0.15, -0.1) is 0 Å². The van der Waals surface area contributed by atoms with E-state index in [-0.39, 0.29) is 12.0 Å². The Morgan fingerprint density at radius 2 is 2.00 bits per heavy atom. The zero-order chi connectivity index (χ0) is 15.5. The van der Waals surface area contributed by atoms with Crippen LogP contribution in [0.15, 0.2) is 0 Å². The molecule has 6 nitrogen and oxygen atoms in total. The van der Waals surface area contributed by atoms with Crippen molar-refractivity contribution in [2.45, 2.75) is 51.9 Å². The second kappa shape index (κ2) is 6.62. The van der Waals surface area contributed by atoms with Crippen molar-refractivity contribution in [2.75, 3.05) is 19.6 Å². The first-order chi connectivity index (χ1) is 9.88. The minimum absolute atomic E-state index is 0.0871. The Hall–Kier alpha value is -0.660. The molecule has 1 heterocycles. The third kappa shape index (κ3) is 3.96. The summed E-state index contributed by atoms with van der Waals surface area (Å²) in [6.07, 6.45) is 6.62. The number of hydrogen-bond acceptors (Lipinski definition) is 3. The molecule has 2 aliphatic rings. The lowest BCUT2D eigenvalue weighted by Crippen LogP contribution is -2.49. The maximum Gasteiger partial charge on any atom is 0.307 e. The molecule has 0 spiro atoms. The molecule has 1 aliphatic carbocycles. The molecule has 7 heteroatoms. The second-order valence-electron chi connectivity index (χ2n) is 6.42. The third-order valence-corrected chi connectivity index (χ3v) is 6.64. The molecule has 2 rings (SSSR count). The number of nitrogens with one attached hydrogen (secondary N) is 1. The first-order valence-corrected chi connectivity index (χ1v) is 9.30. The van der Waals surface area contributed by atoms with Gasteiger partial charge in [0.25, 0.3) is 10.2 Å². The number of rotatable bonds is 6. The molecule has 0 amide bonds. The molecule has 1 aliphatic heterocycles. The Morgan fingerprint density at radius 1 is 1.33 bits per heavy atom. The van der Waals surface area contributed by atoms with Crippen LogP contribution in [0.5, 0.6) is 0 Å². The molecule has 1 unspecified atom stereocenters. The van der Waals surface area contributed by atoms with Crippen LogP contribution in [0.2, 0.25) is 0 Å². The van der Waals surface area contributed by atoms with Gasteiger partial charge >= 0.3 is 5.97 Å². The summed E-state index contributed by atoms with van der Waals surface area (Å²) in [5, 5.41) is 9.06. The van der Waals surface area contributed by atoms with Gasteiger partial charge in [0, 0.05) is 19.6 Å². The van der Waals surface area contributed by atoms with E-state index in [0.717, 1.165) is 19.3 Å². The summed E-state index contributed by atoms with van der Waals surface area (Å²) in [4.78, 5) is 11.0. The number of hydrogen-bond donors (Lipinski definition) is 2. The Balaban J connectivity index is 1.96. The minimum atomic E-state index is -3.57. The molecular formula is C14H26N2O4S. The highest BCUT2D eigenvalue weighted by Crippen LogP contribution is 2.40. The maximum atomic E-state index is 12.4. The Labute approximate surface area is 127 Å². The molecule has 1 atom stereocenters. The summed E-state index contributed by atoms with van der Waals surface area (Å²) in [5.74, 6) is -1.49. The van der Waals surface area contributed by atoms with Crippen LogP contribution in [0.3, 0.4) is 0 Å². The van der Waals surface area contributed by atoms with Gasteiger partial charge in [-0.25, -0.2) is 4.72 Å². The third-order valence-electron chi connectivity index (χ3n) is 5.12. The van der Waals surface area contributed by atoms with Crippen molar-refractivity contribution >= 4 is 16.2 Å². The van der Waals surface area contributed by atoms with Gasteiger partial charge in [0.15, 0.2) is 0 Å². The number of aliphatic carboxylic acids is 1. The molecule has 0 radical (unpaired) electrons. The summed E-state index contributed by atoms with van der Waals surface area (Å²) in [7, 11) is -3.57. The van der Waals surface area contributed by atoms with E-state index in [1.165, 1.54) is 17.1 Å². The molecule has 2 fully saturated rings. The molecular weight excluding hydrogens is 292 g/mol. The van der Waals surface area contributed by atoms with E-state index >= 15 is 0 Å². The molecule has 0 aromatic carbocycles. The summed E-state index contributed by atoms with van der Waals surface area (Å²) in [6.45, 7) is 3.09. The monoisotopic (exact) mass is 318 g/mol. The van der Waals surface area contributed by atoms with E-state index in [0.29, 0.717) is 25.9 Å². The van der Waals surface area contributed by atoms with Gasteiger partial charge in [0.2, 0.25) is 0 Å². The maximum absolute atomic E-state index is 12.4. The topological polar surface area (TPSA) is 86.7 Å². The van der Waals surface area contributed by atoms with Crippen LogP contribution in [-0.4, -0.2) is 43.4 Å². The van der Waals surface area contributed by atoms with Crippen molar-refractivity contribution in [3.8, 4) is 0 Å². The Morgan fingerprint density at radius 3 is 2.57 bits per heavy atom. The lowest BCUT2D eigenvalue weighted by molar-refractivity contribution is -0.142. The molecule has 1 saturated heterocycles. The average molecular weight is 318 g/mol. The van der Waals surface area contributed by atoms with Crippen LogP contribution >= 0.6 is 0 Å². The number of carboxylic acid groups (broad SMARTS) is 1. The number of nitrogens with zero attached hydrogens (tertiary/aromatic N) is 1. The van der Waals surface area contributed by atoms with Crippen LogP contribution in [-0.2, 0) is 15.0 Å². The normalized spacial score (nSPS) is 26.8. The number of carboxylic acids is 1. The standard InChI is InChI=1S/C14H26N2O4S/c1-2-14(7-3-4-8-14)11-15-21(19,20)16-9-5-6-12(10-16)13(17)18/h12,15H,2-11H2,1H3,(H,17,18). The van der Waals surface area contributed by atoms with E-state index in [9.17, 15) is 13.2 Å². The summed E-state index contributed by atoms with van der Waals surface area (Å²) in [5.41, 5.74) is 0.0923. The number of piperidine rings is 1. The van der Waals surface area contributed by atoms with Crippen LogP contribution in [0, 0.1) is 11.3 Å². The van der Waals surface area contributed by atoms with Crippen LogP contribution in [0.25, 0.3) is 0 Å². The van der Waals surface area contributed by atoms with Crippen LogP contribution in [0.1, 0.15) is 51.9 Å². The summed E-state index contributed by atoms with van der Waals surface area (Å²) >= 11 is 0. The van der Waals surface area contributed by atoms with Gasteiger partial charge in [-0.1, -0.05) is 19.8 Å². The lowest BCUT2D eigenvalue weighted by atomic mass is 9.84. The van der Waals surface area contributed by atoms with Crippen molar-refractivity contribution in [3.05, 3.63) is 0 Å². The van der Waals surface area contributed by atoms with Gasteiger partial charge in [0.05, 0.1) is 5.92 Å². The van der Waals surface area contributed by atoms with Crippen molar-refractivity contribution in [3.63, 3.8) is 0 Å². The van der Waals surface area contributed by atoms with Gasteiger partial charge in [0.1, 0.15) is 0 Å². The second-order valence-corrected chi connectivity index (χ2v) is 8.18. The van der Waals surface area contributed by atoms with E-state index in [1.54, 1.807) is 0 Å². The average Bonchev–Trinajstić information content (AvgIpc) is 2.95. The van der Waals surface area contributed by atoms with Crippen molar-refractivity contribution in [1.82, 2.24) is 9.03 Å². The first-order valence-electron chi connectivity index (χ1n) is 7.86. The van der Waals surface area contributed by atoms with Crippen LogP contribution < -0.4 is 4.72 Å². The molecule has 0 aromatic rings. The van der Waals surface area contributed by atoms with Gasteiger partial charge in [-0.2, -0.15) is 12.7 Å². The summed E-state index contributed by atoms with van der Waals surface area (Å²) in [6, 6.07) is 0. The summed E-state index contributed by atoms with van der Waals surface area (Å²) < 4.78 is 28.8. The van der Waals surface area contributed by atoms with E-state index in [2.05, 4.69) is 11.6 Å². The lowest BCUT2D eigenvalue weighted by Gasteiger charge is -2.32.